The third-order valence-electron chi connectivity index (χ3n) is 3.45. The number of aliphatic hydroxyl groups is 1. The molecular formula is C16H13NO5S. The molecule has 6 nitrogen and oxygen atoms in total. The Balaban J connectivity index is 2.07. The first-order chi connectivity index (χ1) is 11.1. The molecule has 118 valence electrons. The van der Waals surface area contributed by atoms with Crippen LogP contribution in [0.5, 0.6) is 11.5 Å². The number of imide groups is 1. The summed E-state index contributed by atoms with van der Waals surface area (Å²) >= 11 is 1.27. The van der Waals surface area contributed by atoms with Crippen LogP contribution in [0.1, 0.15) is 4.88 Å². The van der Waals surface area contributed by atoms with Crippen LogP contribution in [-0.2, 0) is 9.59 Å². The number of hydrogen-bond donors (Lipinski definition) is 1. The highest BCUT2D eigenvalue weighted by atomic mass is 32.1. The van der Waals surface area contributed by atoms with Gasteiger partial charge in [-0.1, -0.05) is 6.07 Å². The molecule has 1 aliphatic heterocycles. The molecule has 0 saturated carbocycles. The van der Waals surface area contributed by atoms with Crippen LogP contribution in [-0.4, -0.2) is 31.1 Å². The maximum absolute atomic E-state index is 12.7. The molecule has 23 heavy (non-hydrogen) atoms. The summed E-state index contributed by atoms with van der Waals surface area (Å²) in [6, 6.07) is 8.14. The van der Waals surface area contributed by atoms with Crippen molar-refractivity contribution in [3.63, 3.8) is 0 Å². The van der Waals surface area contributed by atoms with Crippen molar-refractivity contribution in [2.45, 2.75) is 0 Å². The third-order valence-corrected chi connectivity index (χ3v) is 4.34. The van der Waals surface area contributed by atoms with Gasteiger partial charge in [0.25, 0.3) is 5.91 Å². The van der Waals surface area contributed by atoms with Gasteiger partial charge in [0.15, 0.2) is 5.76 Å². The number of carbonyl (C=O) groups is 2. The van der Waals surface area contributed by atoms with Crippen molar-refractivity contribution in [3.05, 3.63) is 46.3 Å². The molecule has 2 aromatic rings. The van der Waals surface area contributed by atoms with Crippen LogP contribution in [0, 0.1) is 0 Å². The number of carbonyl (C=O) groups excluding carboxylic acids is 2. The van der Waals surface area contributed by atoms with Gasteiger partial charge in [0, 0.05) is 10.9 Å². The first-order valence-electron chi connectivity index (χ1n) is 6.66. The fraction of sp³-hybridized carbons (Fsp3) is 0.125. The van der Waals surface area contributed by atoms with E-state index in [0.717, 1.165) is 4.90 Å². The number of hydrogen-bond acceptors (Lipinski definition) is 6. The molecule has 7 heteroatoms. The summed E-state index contributed by atoms with van der Waals surface area (Å²) < 4.78 is 10.3. The maximum Gasteiger partial charge on any atom is 0.301 e. The lowest BCUT2D eigenvalue weighted by atomic mass is 10.2. The van der Waals surface area contributed by atoms with E-state index in [0.29, 0.717) is 16.4 Å². The second kappa shape index (κ2) is 5.77. The van der Waals surface area contributed by atoms with E-state index in [4.69, 9.17) is 9.47 Å². The van der Waals surface area contributed by atoms with Gasteiger partial charge >= 0.3 is 5.91 Å². The number of rotatable bonds is 4. The summed E-state index contributed by atoms with van der Waals surface area (Å²) in [7, 11) is 2.93. The fourth-order valence-corrected chi connectivity index (χ4v) is 3.11. The van der Waals surface area contributed by atoms with Gasteiger partial charge in [-0.25, -0.2) is 4.90 Å². The molecule has 0 spiro atoms. The van der Waals surface area contributed by atoms with E-state index >= 15 is 0 Å². The van der Waals surface area contributed by atoms with E-state index < -0.39 is 17.6 Å². The molecule has 1 aromatic heterocycles. The number of ether oxygens (including phenoxy) is 2. The van der Waals surface area contributed by atoms with E-state index in [1.807, 2.05) is 0 Å². The van der Waals surface area contributed by atoms with Gasteiger partial charge in [-0.05, 0) is 23.6 Å². The van der Waals surface area contributed by atoms with Crippen molar-refractivity contribution < 1.29 is 24.2 Å². The Morgan fingerprint density at radius 3 is 2.48 bits per heavy atom. The quantitative estimate of drug-likeness (QED) is 0.872. The lowest BCUT2D eigenvalue weighted by molar-refractivity contribution is -0.121. The summed E-state index contributed by atoms with van der Waals surface area (Å²) in [6.45, 7) is 0. The van der Waals surface area contributed by atoms with Crippen LogP contribution < -0.4 is 14.4 Å². The van der Waals surface area contributed by atoms with Crippen LogP contribution >= 0.6 is 11.3 Å². The zero-order chi connectivity index (χ0) is 16.6. The molecule has 3 rings (SSSR count). The highest BCUT2D eigenvalue weighted by molar-refractivity contribution is 7.11. The molecule has 0 radical (unpaired) electrons. The van der Waals surface area contributed by atoms with Gasteiger partial charge < -0.3 is 14.6 Å². The molecule has 0 bridgehead atoms. The Labute approximate surface area is 136 Å². The standard InChI is InChI=1S/C16H13NO5S/c1-21-9-5-6-10(11(8-9)22-2)17-15(19)13(14(18)16(17)20)12-4-3-7-23-12/h3-8,18H,1-2H3. The SMILES string of the molecule is COc1ccc(N2C(=O)C(O)=C(c3cccs3)C2=O)c(OC)c1. The zero-order valence-electron chi connectivity index (χ0n) is 12.4. The number of nitrogens with zero attached hydrogens (tertiary/aromatic N) is 1. The Hall–Kier alpha value is -2.80. The maximum atomic E-state index is 12.7. The molecule has 0 fully saturated rings. The Bertz CT molecular complexity index is 810. The van der Waals surface area contributed by atoms with E-state index in [9.17, 15) is 14.7 Å². The molecule has 2 heterocycles. The Morgan fingerprint density at radius 1 is 1.09 bits per heavy atom. The zero-order valence-corrected chi connectivity index (χ0v) is 13.2. The first-order valence-corrected chi connectivity index (χ1v) is 7.54. The minimum atomic E-state index is -0.776. The lowest BCUT2D eigenvalue weighted by Crippen LogP contribution is -2.31. The molecule has 1 aliphatic rings. The van der Waals surface area contributed by atoms with Gasteiger partial charge in [-0.3, -0.25) is 9.59 Å². The van der Waals surface area contributed by atoms with E-state index in [1.54, 1.807) is 29.6 Å². The Morgan fingerprint density at radius 2 is 1.87 bits per heavy atom. The van der Waals surface area contributed by atoms with Crippen LogP contribution in [0.15, 0.2) is 41.5 Å². The van der Waals surface area contributed by atoms with Gasteiger partial charge in [0.05, 0.1) is 19.9 Å². The number of amides is 2. The van der Waals surface area contributed by atoms with Crippen LogP contribution in [0.3, 0.4) is 0 Å². The van der Waals surface area contributed by atoms with Crippen molar-refractivity contribution >= 4 is 34.4 Å². The number of aliphatic hydroxyl groups excluding tert-OH is 1. The fourth-order valence-electron chi connectivity index (χ4n) is 2.35. The van der Waals surface area contributed by atoms with Gasteiger partial charge in [0.2, 0.25) is 0 Å². The lowest BCUT2D eigenvalue weighted by Gasteiger charge is -2.18. The molecule has 0 aliphatic carbocycles. The number of thiophene rings is 1. The highest BCUT2D eigenvalue weighted by Gasteiger charge is 2.41. The van der Waals surface area contributed by atoms with Gasteiger partial charge in [0.1, 0.15) is 17.1 Å². The normalized spacial score (nSPS) is 14.6. The average Bonchev–Trinajstić information content (AvgIpc) is 3.15. The molecule has 0 atom stereocenters. The summed E-state index contributed by atoms with van der Waals surface area (Å²) in [4.78, 5) is 26.5. The van der Waals surface area contributed by atoms with Crippen molar-refractivity contribution in [2.24, 2.45) is 0 Å². The average molecular weight is 331 g/mol. The second-order valence-corrected chi connectivity index (χ2v) is 5.63. The molecule has 0 saturated heterocycles. The van der Waals surface area contributed by atoms with Crippen LogP contribution in [0.25, 0.3) is 5.57 Å². The summed E-state index contributed by atoms with van der Waals surface area (Å²) in [5, 5.41) is 11.9. The predicted molar refractivity (Wildman–Crippen MR) is 85.9 cm³/mol. The Kier molecular flexibility index (Phi) is 3.79. The van der Waals surface area contributed by atoms with E-state index in [-0.39, 0.29) is 11.3 Å². The van der Waals surface area contributed by atoms with E-state index in [2.05, 4.69) is 0 Å². The van der Waals surface area contributed by atoms with Crippen molar-refractivity contribution in [1.82, 2.24) is 0 Å². The second-order valence-electron chi connectivity index (χ2n) is 4.68. The molecule has 0 unspecified atom stereocenters. The molecule has 2 amide bonds. The van der Waals surface area contributed by atoms with Crippen LogP contribution in [0.2, 0.25) is 0 Å². The predicted octanol–water partition coefficient (Wildman–Crippen LogP) is 2.61. The third kappa shape index (κ3) is 2.35. The van der Waals surface area contributed by atoms with Crippen LogP contribution in [0.4, 0.5) is 5.69 Å². The smallest absolute Gasteiger partial charge is 0.301 e. The molecular weight excluding hydrogens is 318 g/mol. The van der Waals surface area contributed by atoms with Crippen molar-refractivity contribution in [3.8, 4) is 11.5 Å². The highest BCUT2D eigenvalue weighted by Crippen LogP contribution is 2.39. The summed E-state index contributed by atoms with van der Waals surface area (Å²) in [5.41, 5.74) is 0.254. The van der Waals surface area contributed by atoms with Gasteiger partial charge in [-0.2, -0.15) is 0 Å². The molecule has 1 N–H and O–H groups in total. The topological polar surface area (TPSA) is 76.1 Å². The monoisotopic (exact) mass is 331 g/mol. The largest absolute Gasteiger partial charge is 0.502 e. The minimum Gasteiger partial charge on any atom is -0.502 e. The number of methoxy groups -OCH3 is 2. The first kappa shape index (κ1) is 15.1. The number of anilines is 1. The summed E-state index contributed by atoms with van der Waals surface area (Å²) in [5.74, 6) is -1.10. The van der Waals surface area contributed by atoms with E-state index in [1.165, 1.54) is 31.6 Å². The van der Waals surface area contributed by atoms with Crippen molar-refractivity contribution in [2.75, 3.05) is 19.1 Å². The number of benzene rings is 1. The van der Waals surface area contributed by atoms with Gasteiger partial charge in [-0.15, -0.1) is 11.3 Å². The minimum absolute atomic E-state index is 0.00266. The van der Waals surface area contributed by atoms with Crippen molar-refractivity contribution in [1.29, 1.82) is 0 Å². The molecule has 1 aromatic carbocycles. The summed E-state index contributed by atoms with van der Waals surface area (Å²) in [6.07, 6.45) is 0.